The molecule has 1 aromatic carbocycles. The molecule has 5 heteroatoms. The van der Waals surface area contributed by atoms with Gasteiger partial charge in [0.05, 0.1) is 11.2 Å². The van der Waals surface area contributed by atoms with E-state index in [9.17, 15) is 4.79 Å². The Balaban J connectivity index is 1.64. The highest BCUT2D eigenvalue weighted by Gasteiger charge is 2.31. The molecule has 158 valence electrons. The molecule has 1 fully saturated rings. The van der Waals surface area contributed by atoms with Crippen molar-refractivity contribution in [2.24, 2.45) is 5.92 Å². The van der Waals surface area contributed by atoms with Crippen molar-refractivity contribution in [2.75, 3.05) is 14.1 Å². The normalized spacial score (nSPS) is 21.2. The van der Waals surface area contributed by atoms with Gasteiger partial charge in [-0.05, 0) is 85.0 Å². The highest BCUT2D eigenvalue weighted by atomic mass is 16.2. The van der Waals surface area contributed by atoms with Crippen LogP contribution in [0.25, 0.3) is 0 Å². The van der Waals surface area contributed by atoms with Gasteiger partial charge in [0, 0.05) is 12.1 Å². The van der Waals surface area contributed by atoms with Crippen molar-refractivity contribution >= 4 is 5.91 Å². The van der Waals surface area contributed by atoms with Crippen LogP contribution in [0.2, 0.25) is 0 Å². The van der Waals surface area contributed by atoms with E-state index in [2.05, 4.69) is 80.5 Å². The van der Waals surface area contributed by atoms with E-state index in [1.165, 1.54) is 5.56 Å². The summed E-state index contributed by atoms with van der Waals surface area (Å²) in [4.78, 5) is 15.3. The number of rotatable bonds is 5. The van der Waals surface area contributed by atoms with Gasteiger partial charge in [-0.3, -0.25) is 9.48 Å². The molecule has 0 bridgehead atoms. The minimum absolute atomic E-state index is 0.00352. The molecular formula is C24H36N4O. The van der Waals surface area contributed by atoms with Crippen LogP contribution in [0.4, 0.5) is 0 Å². The Morgan fingerprint density at radius 3 is 2.31 bits per heavy atom. The first-order chi connectivity index (χ1) is 13.7. The summed E-state index contributed by atoms with van der Waals surface area (Å²) in [5, 5.41) is 7.81. The first-order valence-corrected chi connectivity index (χ1v) is 10.8. The van der Waals surface area contributed by atoms with E-state index in [-0.39, 0.29) is 17.5 Å². The maximum absolute atomic E-state index is 13.0. The van der Waals surface area contributed by atoms with E-state index in [0.29, 0.717) is 17.7 Å². The average Bonchev–Trinajstić information content (AvgIpc) is 3.06. The number of aromatic nitrogens is 2. The number of carbonyl (C=O) groups is 1. The van der Waals surface area contributed by atoms with Gasteiger partial charge in [0.15, 0.2) is 0 Å². The molecular weight excluding hydrogens is 360 g/mol. The Morgan fingerprint density at radius 2 is 1.76 bits per heavy atom. The third kappa shape index (κ3) is 5.08. The van der Waals surface area contributed by atoms with Crippen LogP contribution in [0.15, 0.2) is 36.4 Å². The lowest BCUT2D eigenvalue weighted by molar-refractivity contribution is 0.0888. The summed E-state index contributed by atoms with van der Waals surface area (Å²) >= 11 is 0. The maximum Gasteiger partial charge on any atom is 0.269 e. The zero-order valence-corrected chi connectivity index (χ0v) is 18.8. The molecule has 1 heterocycles. The van der Waals surface area contributed by atoms with Gasteiger partial charge in [-0.15, -0.1) is 0 Å². The van der Waals surface area contributed by atoms with Crippen LogP contribution >= 0.6 is 0 Å². The lowest BCUT2D eigenvalue weighted by atomic mass is 9.78. The Bertz CT molecular complexity index is 811. The average molecular weight is 397 g/mol. The molecule has 29 heavy (non-hydrogen) atoms. The molecule has 1 atom stereocenters. The zero-order chi connectivity index (χ0) is 21.2. The molecule has 3 rings (SSSR count). The molecule has 0 spiro atoms. The van der Waals surface area contributed by atoms with Crippen LogP contribution in [0.3, 0.4) is 0 Å². The van der Waals surface area contributed by atoms with E-state index >= 15 is 0 Å². The van der Waals surface area contributed by atoms with Gasteiger partial charge in [0.25, 0.3) is 5.91 Å². The number of amides is 1. The third-order valence-corrected chi connectivity index (χ3v) is 5.95. The number of benzene rings is 1. The van der Waals surface area contributed by atoms with Gasteiger partial charge in [-0.1, -0.05) is 30.3 Å². The van der Waals surface area contributed by atoms with Crippen LogP contribution in [0.1, 0.15) is 74.2 Å². The number of hydrogen-bond acceptors (Lipinski definition) is 3. The molecule has 0 saturated heterocycles. The lowest BCUT2D eigenvalue weighted by Gasteiger charge is -2.37. The standard InChI is InChI=1S/C24H36N4O/c1-17-16-21(28(26-17)24(2,3)4)23(29)25-20-14-12-19(13-15-20)22(27(5)6)18-10-8-7-9-11-18/h7-11,16,19-20,22H,12-15H2,1-6H3,(H,25,29). The summed E-state index contributed by atoms with van der Waals surface area (Å²) < 4.78 is 1.85. The Kier molecular flexibility index (Phi) is 6.47. The van der Waals surface area contributed by atoms with Crippen molar-refractivity contribution in [3.63, 3.8) is 0 Å². The summed E-state index contributed by atoms with van der Waals surface area (Å²) in [6, 6.07) is 13.3. The van der Waals surface area contributed by atoms with Crippen molar-refractivity contribution in [2.45, 2.75) is 71.0 Å². The van der Waals surface area contributed by atoms with Gasteiger partial charge < -0.3 is 10.2 Å². The van der Waals surface area contributed by atoms with Crippen molar-refractivity contribution in [3.8, 4) is 0 Å². The molecule has 1 amide bonds. The van der Waals surface area contributed by atoms with E-state index < -0.39 is 0 Å². The number of aryl methyl sites for hydroxylation is 1. The summed E-state index contributed by atoms with van der Waals surface area (Å²) in [5.74, 6) is 0.610. The quantitative estimate of drug-likeness (QED) is 0.807. The molecule has 1 N–H and O–H groups in total. The fraction of sp³-hybridized carbons (Fsp3) is 0.583. The van der Waals surface area contributed by atoms with E-state index in [4.69, 9.17) is 0 Å². The summed E-state index contributed by atoms with van der Waals surface area (Å²) in [6.45, 7) is 8.17. The molecule has 0 aliphatic heterocycles. The van der Waals surface area contributed by atoms with Crippen molar-refractivity contribution < 1.29 is 4.79 Å². The maximum atomic E-state index is 13.0. The minimum atomic E-state index is -0.215. The number of nitrogens with one attached hydrogen (secondary N) is 1. The predicted molar refractivity (Wildman–Crippen MR) is 118 cm³/mol. The van der Waals surface area contributed by atoms with E-state index in [1.54, 1.807) is 0 Å². The second-order valence-electron chi connectivity index (χ2n) is 9.66. The zero-order valence-electron chi connectivity index (χ0n) is 18.8. The largest absolute Gasteiger partial charge is 0.348 e. The van der Waals surface area contributed by atoms with E-state index in [1.807, 2.05) is 17.7 Å². The topological polar surface area (TPSA) is 50.2 Å². The Labute approximate surface area is 175 Å². The van der Waals surface area contributed by atoms with Gasteiger partial charge >= 0.3 is 0 Å². The van der Waals surface area contributed by atoms with Crippen LogP contribution in [0, 0.1) is 12.8 Å². The van der Waals surface area contributed by atoms with Gasteiger partial charge in [0.1, 0.15) is 5.69 Å². The van der Waals surface area contributed by atoms with E-state index in [0.717, 1.165) is 31.4 Å². The molecule has 1 unspecified atom stereocenters. The number of carbonyl (C=O) groups excluding carboxylic acids is 1. The molecule has 1 saturated carbocycles. The second-order valence-corrected chi connectivity index (χ2v) is 9.66. The van der Waals surface area contributed by atoms with Gasteiger partial charge in [0.2, 0.25) is 0 Å². The Morgan fingerprint density at radius 1 is 1.14 bits per heavy atom. The van der Waals surface area contributed by atoms with Crippen LogP contribution in [-0.2, 0) is 5.54 Å². The summed E-state index contributed by atoms with van der Waals surface area (Å²) in [6.07, 6.45) is 4.30. The third-order valence-electron chi connectivity index (χ3n) is 5.95. The summed E-state index contributed by atoms with van der Waals surface area (Å²) in [7, 11) is 4.34. The van der Waals surface area contributed by atoms with Crippen LogP contribution < -0.4 is 5.32 Å². The van der Waals surface area contributed by atoms with Crippen molar-refractivity contribution in [3.05, 3.63) is 53.3 Å². The van der Waals surface area contributed by atoms with Gasteiger partial charge in [-0.2, -0.15) is 5.10 Å². The smallest absolute Gasteiger partial charge is 0.269 e. The SMILES string of the molecule is Cc1cc(C(=O)NC2CCC(C(c3ccccc3)N(C)C)CC2)n(C(C)(C)C)n1. The highest BCUT2D eigenvalue weighted by molar-refractivity contribution is 5.93. The highest BCUT2D eigenvalue weighted by Crippen LogP contribution is 2.37. The van der Waals surface area contributed by atoms with Crippen molar-refractivity contribution in [1.82, 2.24) is 20.0 Å². The first-order valence-electron chi connectivity index (χ1n) is 10.8. The van der Waals surface area contributed by atoms with Crippen LogP contribution in [-0.4, -0.2) is 40.7 Å². The second kappa shape index (κ2) is 8.70. The Hall–Kier alpha value is -2.14. The number of hydrogen-bond donors (Lipinski definition) is 1. The predicted octanol–water partition coefficient (Wildman–Crippen LogP) is 4.54. The fourth-order valence-electron chi connectivity index (χ4n) is 4.65. The fourth-order valence-corrected chi connectivity index (χ4v) is 4.65. The minimum Gasteiger partial charge on any atom is -0.348 e. The first kappa shape index (κ1) is 21.6. The molecule has 5 nitrogen and oxygen atoms in total. The molecule has 1 aliphatic rings. The van der Waals surface area contributed by atoms with Crippen molar-refractivity contribution in [1.29, 1.82) is 0 Å². The number of nitrogens with zero attached hydrogens (tertiary/aromatic N) is 3. The monoisotopic (exact) mass is 396 g/mol. The molecule has 0 radical (unpaired) electrons. The summed E-state index contributed by atoms with van der Waals surface area (Å²) in [5.41, 5.74) is 2.71. The lowest BCUT2D eigenvalue weighted by Crippen LogP contribution is -2.41. The van der Waals surface area contributed by atoms with Crippen LogP contribution in [0.5, 0.6) is 0 Å². The molecule has 2 aromatic rings. The molecule has 1 aliphatic carbocycles. The van der Waals surface area contributed by atoms with Gasteiger partial charge in [-0.25, -0.2) is 0 Å². The molecule has 1 aromatic heterocycles.